The van der Waals surface area contributed by atoms with Crippen LogP contribution < -0.4 is 32.1 Å². The van der Waals surface area contributed by atoms with Gasteiger partial charge in [-0.3, -0.25) is 0 Å². The molecule has 1 atom stereocenters. The third-order valence-corrected chi connectivity index (χ3v) is 11.2. The molecule has 2 aromatic carbocycles. The third-order valence-electron chi connectivity index (χ3n) is 7.46. The van der Waals surface area contributed by atoms with Gasteiger partial charge in [-0.15, -0.1) is 0 Å². The van der Waals surface area contributed by atoms with Crippen molar-refractivity contribution in [2.24, 2.45) is 0 Å². The van der Waals surface area contributed by atoms with Crippen LogP contribution in [-0.2, 0) is 8.08 Å². The minimum atomic E-state index is -0.691. The maximum absolute atomic E-state index is 8.43. The van der Waals surface area contributed by atoms with Crippen LogP contribution in [0.5, 0.6) is 0 Å². The molecule has 183 valence electrons. The van der Waals surface area contributed by atoms with E-state index >= 15 is 0 Å². The number of halogens is 1. The fourth-order valence-corrected chi connectivity index (χ4v) is 8.47. The fourth-order valence-electron chi connectivity index (χ4n) is 4.69. The van der Waals surface area contributed by atoms with Gasteiger partial charge in [0.05, 0.1) is 0 Å². The van der Waals surface area contributed by atoms with E-state index in [1.807, 2.05) is 35.2 Å². The second kappa shape index (κ2) is 11.5. The summed E-state index contributed by atoms with van der Waals surface area (Å²) in [7, 11) is 8.20. The predicted octanol–water partition coefficient (Wildman–Crippen LogP) is 2.11. The Bertz CT molecular complexity index is 967. The van der Waals surface area contributed by atoms with Crippen LogP contribution in [0.15, 0.2) is 36.4 Å². The number of benzene rings is 2. The summed E-state index contributed by atoms with van der Waals surface area (Å²) in [4.78, 5) is 0. The molecule has 0 fully saturated rings. The molecule has 0 aliphatic heterocycles. The van der Waals surface area contributed by atoms with Crippen molar-refractivity contribution in [1.82, 2.24) is 0 Å². The minimum absolute atomic E-state index is 0.0872. The van der Waals surface area contributed by atoms with Crippen LogP contribution in [-0.4, -0.2) is 36.1 Å². The van der Waals surface area contributed by atoms with E-state index in [-0.39, 0.29) is 24.6 Å². The standard InChI is InChI=1S/C29H41B2IO2/c1-7-9-10-11-12-13-18-29(32-8-2)25-19-21(30)14-16-23(25)24-17-15-22(20-26(24)29)31-34-28(5,6)27(3,4)33/h14-17,19-20,33H,7-13,18H2,1-6H3/q-1/p+1. The molecule has 0 bridgehead atoms. The molecule has 0 heterocycles. The van der Waals surface area contributed by atoms with E-state index in [1.165, 1.54) is 71.6 Å². The summed E-state index contributed by atoms with van der Waals surface area (Å²) in [5, 5.41) is 8.43. The van der Waals surface area contributed by atoms with Crippen molar-refractivity contribution in [3.63, 3.8) is 0 Å². The third kappa shape index (κ3) is 5.95. The molecular weight excluding hydrogens is 529 g/mol. The average molecular weight is 571 g/mol. The second-order valence-corrected chi connectivity index (χ2v) is 14.8. The van der Waals surface area contributed by atoms with E-state index in [0.29, 0.717) is 0 Å². The molecule has 3 radical (unpaired) electrons. The first kappa shape index (κ1) is 27.8. The molecule has 2 aromatic rings. The molecule has 2 nitrogen and oxygen atoms in total. The zero-order valence-electron chi connectivity index (χ0n) is 22.1. The maximum atomic E-state index is 8.43. The number of hydrogen-bond acceptors (Lipinski definition) is 1. The Labute approximate surface area is 220 Å². The number of alkyl halides is 2. The Hall–Kier alpha value is -0.780. The molecule has 5 heteroatoms. The molecule has 0 saturated heterocycles. The first-order valence-electron chi connectivity index (χ1n) is 13.0. The Morgan fingerprint density at radius 1 is 0.912 bits per heavy atom. The van der Waals surface area contributed by atoms with Gasteiger partial charge in [0, 0.05) is 0 Å². The zero-order valence-corrected chi connectivity index (χ0v) is 24.2. The van der Waals surface area contributed by atoms with E-state index in [2.05, 4.69) is 50.2 Å². The van der Waals surface area contributed by atoms with Gasteiger partial charge in [0.1, 0.15) is 0 Å². The Morgan fingerprint density at radius 3 is 2.18 bits per heavy atom. The van der Waals surface area contributed by atoms with Gasteiger partial charge in [0.2, 0.25) is 0 Å². The first-order chi connectivity index (χ1) is 16.1. The molecule has 1 aliphatic carbocycles. The van der Waals surface area contributed by atoms with Gasteiger partial charge in [-0.25, -0.2) is 0 Å². The molecule has 0 aromatic heterocycles. The SMILES string of the molecule is [B]c1ccc2c(c1)C(CCCCCCCC)([I-]CC)c1cc([B]OC(C)(C)C(C)(C)[OH2+])ccc1-2. The van der Waals surface area contributed by atoms with Gasteiger partial charge >= 0.3 is 221 Å². The first-order valence-corrected chi connectivity index (χ1v) is 15.6. The predicted molar refractivity (Wildman–Crippen MR) is 145 cm³/mol. The molecule has 0 spiro atoms. The molecule has 1 unspecified atom stereocenters. The number of rotatable bonds is 13. The molecule has 1 aliphatic rings. The van der Waals surface area contributed by atoms with Gasteiger partial charge in [-0.1, -0.05) is 0 Å². The van der Waals surface area contributed by atoms with Crippen LogP contribution in [0.1, 0.15) is 97.6 Å². The van der Waals surface area contributed by atoms with Crippen molar-refractivity contribution in [2.75, 3.05) is 4.43 Å². The van der Waals surface area contributed by atoms with Crippen LogP contribution in [0, 0.1) is 0 Å². The van der Waals surface area contributed by atoms with Gasteiger partial charge in [0.25, 0.3) is 0 Å². The fraction of sp³-hybridized carbons (Fsp3) is 0.586. The summed E-state index contributed by atoms with van der Waals surface area (Å²) in [5.41, 5.74) is 6.35. The normalized spacial score (nSPS) is 17.6. The van der Waals surface area contributed by atoms with Crippen LogP contribution >= 0.6 is 0 Å². The van der Waals surface area contributed by atoms with Gasteiger partial charge in [-0.2, -0.15) is 0 Å². The summed E-state index contributed by atoms with van der Waals surface area (Å²) in [5.74, 6) is 0. The van der Waals surface area contributed by atoms with Crippen LogP contribution in [0.3, 0.4) is 0 Å². The van der Waals surface area contributed by atoms with E-state index in [0.717, 1.165) is 10.9 Å². The van der Waals surface area contributed by atoms with Crippen molar-refractivity contribution >= 4 is 26.3 Å². The Kier molecular flexibility index (Phi) is 9.42. The molecule has 0 amide bonds. The molecule has 3 rings (SSSR count). The van der Waals surface area contributed by atoms with Gasteiger partial charge in [-0.05, 0) is 0 Å². The van der Waals surface area contributed by atoms with E-state index in [9.17, 15) is 0 Å². The molecule has 34 heavy (non-hydrogen) atoms. The average Bonchev–Trinajstić information content (AvgIpc) is 3.03. The van der Waals surface area contributed by atoms with Crippen molar-refractivity contribution in [3.8, 4) is 11.1 Å². The van der Waals surface area contributed by atoms with E-state index in [1.54, 1.807) is 0 Å². The quantitative estimate of drug-likeness (QED) is 0.119. The van der Waals surface area contributed by atoms with E-state index < -0.39 is 11.2 Å². The van der Waals surface area contributed by atoms with Gasteiger partial charge < -0.3 is 0 Å². The van der Waals surface area contributed by atoms with Crippen molar-refractivity contribution < 1.29 is 31.0 Å². The summed E-state index contributed by atoms with van der Waals surface area (Å²) in [6.07, 6.45) is 9.11. The molecule has 0 saturated carbocycles. The second-order valence-electron chi connectivity index (χ2n) is 10.7. The molecule has 2 N–H and O–H groups in total. The summed E-state index contributed by atoms with van der Waals surface area (Å²) < 4.78 is 7.54. The van der Waals surface area contributed by atoms with Crippen LogP contribution in [0.4, 0.5) is 0 Å². The van der Waals surface area contributed by atoms with Crippen molar-refractivity contribution in [2.45, 2.75) is 101 Å². The van der Waals surface area contributed by atoms with Crippen molar-refractivity contribution in [1.29, 1.82) is 0 Å². The Morgan fingerprint density at radius 2 is 1.53 bits per heavy atom. The summed E-state index contributed by atoms with van der Waals surface area (Å²) in [6, 6.07) is 13.4. The number of hydrogen-bond donors (Lipinski definition) is 0. The van der Waals surface area contributed by atoms with E-state index in [4.69, 9.17) is 17.6 Å². The van der Waals surface area contributed by atoms with Crippen LogP contribution in [0.25, 0.3) is 11.1 Å². The van der Waals surface area contributed by atoms with Crippen LogP contribution in [0.2, 0.25) is 0 Å². The number of unbranched alkanes of at least 4 members (excludes halogenated alkanes) is 5. The zero-order chi connectivity index (χ0) is 25.0. The molecular formula is C29H42B2IO2. The Balaban J connectivity index is 1.94. The summed E-state index contributed by atoms with van der Waals surface area (Å²) in [6.45, 7) is 12.4. The number of fused-ring (bicyclic) bond motifs is 3. The van der Waals surface area contributed by atoms with Gasteiger partial charge in [0.15, 0.2) is 0 Å². The van der Waals surface area contributed by atoms with Crippen molar-refractivity contribution in [3.05, 3.63) is 47.5 Å². The topological polar surface area (TPSA) is 32.1 Å². The monoisotopic (exact) mass is 571 g/mol. The summed E-state index contributed by atoms with van der Waals surface area (Å²) >= 11 is -0.0872.